The van der Waals surface area contributed by atoms with Gasteiger partial charge in [0.25, 0.3) is 0 Å². The van der Waals surface area contributed by atoms with E-state index in [4.69, 9.17) is 0 Å². The summed E-state index contributed by atoms with van der Waals surface area (Å²) in [4.78, 5) is 21.4. The van der Waals surface area contributed by atoms with E-state index in [-0.39, 0.29) is 70.3 Å². The number of carboxylic acids is 2. The number of carbonyl (C=O) groups is 2. The van der Waals surface area contributed by atoms with Crippen molar-refractivity contribution in [1.29, 1.82) is 0 Å². The molecule has 0 saturated carbocycles. The minimum absolute atomic E-state index is 0. The Morgan fingerprint density at radius 3 is 1.06 bits per heavy atom. The van der Waals surface area contributed by atoms with Gasteiger partial charge in [0, 0.05) is 0 Å². The second-order valence-electron chi connectivity index (χ2n) is 6.98. The van der Waals surface area contributed by atoms with Crippen LogP contribution in [0.4, 0.5) is 0 Å². The van der Waals surface area contributed by atoms with Crippen molar-refractivity contribution in [3.8, 4) is 0 Å². The van der Waals surface area contributed by atoms with Gasteiger partial charge >= 0.3 is 59.1 Å². The van der Waals surface area contributed by atoms with E-state index in [9.17, 15) is 19.8 Å². The molecule has 0 aromatic carbocycles. The standard InChI is InChI=1S/C26H32O4.2Na/c1-19(13-9-15-21(3)17-23(5)25(27)28)11-7-8-12-20(2)14-10-16-22(4)18-24(6)26(29)30;;/h7-18H,1-6H3,(H,27,28)(H,29,30);;/q;2*+1/p-2/b8-7+,13-9+,14-10+,19-11+,20-12+,21-15+,22-16+,23-17+,24-18+;;. The number of allylic oxidation sites excluding steroid dienone is 16. The van der Waals surface area contributed by atoms with Crippen molar-refractivity contribution in [2.45, 2.75) is 41.5 Å². The zero-order valence-electron chi connectivity index (χ0n) is 20.6. The topological polar surface area (TPSA) is 80.3 Å². The van der Waals surface area contributed by atoms with Crippen LogP contribution in [0.1, 0.15) is 41.5 Å². The van der Waals surface area contributed by atoms with Gasteiger partial charge in [0.05, 0.1) is 11.9 Å². The molecule has 0 bridgehead atoms. The smallest absolute Gasteiger partial charge is 0.545 e. The van der Waals surface area contributed by atoms with Crippen LogP contribution < -0.4 is 69.3 Å². The third-order valence-corrected chi connectivity index (χ3v) is 3.80. The third-order valence-electron chi connectivity index (χ3n) is 3.80. The van der Waals surface area contributed by atoms with Crippen LogP contribution in [-0.4, -0.2) is 11.9 Å². The summed E-state index contributed by atoms with van der Waals surface area (Å²) in [5.41, 5.74) is 4.14. The molecule has 0 aromatic heterocycles. The number of aliphatic carboxylic acids is 2. The van der Waals surface area contributed by atoms with Crippen LogP contribution in [0.3, 0.4) is 0 Å². The van der Waals surface area contributed by atoms with Gasteiger partial charge in [0.1, 0.15) is 0 Å². The normalized spacial score (nSPS) is 14.7. The Morgan fingerprint density at radius 2 is 0.781 bits per heavy atom. The van der Waals surface area contributed by atoms with Crippen LogP contribution in [0, 0.1) is 0 Å². The van der Waals surface area contributed by atoms with Crippen LogP contribution in [0.15, 0.2) is 106 Å². The average molecular weight is 453 g/mol. The van der Waals surface area contributed by atoms with Gasteiger partial charge in [-0.3, -0.25) is 0 Å². The second kappa shape index (κ2) is 20.2. The van der Waals surface area contributed by atoms with E-state index in [1.807, 2.05) is 88.5 Å². The van der Waals surface area contributed by atoms with Crippen molar-refractivity contribution >= 4 is 11.9 Å². The number of rotatable bonds is 10. The van der Waals surface area contributed by atoms with Crippen LogP contribution in [0.25, 0.3) is 0 Å². The van der Waals surface area contributed by atoms with Crippen LogP contribution in [-0.2, 0) is 9.59 Å². The molecule has 0 fully saturated rings. The van der Waals surface area contributed by atoms with Crippen molar-refractivity contribution < 1.29 is 78.9 Å². The molecule has 0 radical (unpaired) electrons. The van der Waals surface area contributed by atoms with Crippen LogP contribution in [0.2, 0.25) is 0 Å². The average Bonchev–Trinajstić information content (AvgIpc) is 2.64. The van der Waals surface area contributed by atoms with Crippen molar-refractivity contribution in [3.63, 3.8) is 0 Å². The molecule has 0 aliphatic carbocycles. The summed E-state index contributed by atoms with van der Waals surface area (Å²) in [6.45, 7) is 10.6. The Labute approximate surface area is 236 Å². The predicted octanol–water partition coefficient (Wildman–Crippen LogP) is -2.16. The van der Waals surface area contributed by atoms with Gasteiger partial charge in [-0.05, 0) is 52.7 Å². The minimum Gasteiger partial charge on any atom is -0.545 e. The third kappa shape index (κ3) is 19.3. The van der Waals surface area contributed by atoms with E-state index in [0.717, 1.165) is 22.3 Å². The zero-order chi connectivity index (χ0) is 23.1. The Morgan fingerprint density at radius 1 is 0.500 bits per heavy atom. The molecule has 0 spiro atoms. The number of carbonyl (C=O) groups excluding carboxylic acids is 2. The van der Waals surface area contributed by atoms with Gasteiger partial charge in [0.2, 0.25) is 0 Å². The molecule has 0 aliphatic rings. The minimum atomic E-state index is -1.17. The van der Waals surface area contributed by atoms with Crippen molar-refractivity contribution in [2.75, 3.05) is 0 Å². The Kier molecular flexibility index (Phi) is 22.2. The van der Waals surface area contributed by atoms with Gasteiger partial charge in [0.15, 0.2) is 0 Å². The first-order chi connectivity index (χ1) is 14.0. The summed E-state index contributed by atoms with van der Waals surface area (Å²) < 4.78 is 0. The van der Waals surface area contributed by atoms with E-state index < -0.39 is 11.9 Å². The maximum absolute atomic E-state index is 10.7. The molecule has 0 heterocycles. The van der Waals surface area contributed by atoms with Gasteiger partial charge in [-0.25, -0.2) is 0 Å². The van der Waals surface area contributed by atoms with Crippen LogP contribution in [0.5, 0.6) is 0 Å². The molecule has 0 unspecified atom stereocenters. The van der Waals surface area contributed by atoms with Gasteiger partial charge in [-0.1, -0.05) is 95.2 Å². The van der Waals surface area contributed by atoms with Crippen molar-refractivity contribution in [2.24, 2.45) is 0 Å². The Bertz CT molecular complexity index is 832. The number of carboxylic acid groups (broad SMARTS) is 2. The molecule has 0 amide bonds. The summed E-state index contributed by atoms with van der Waals surface area (Å²) in [5.74, 6) is -2.33. The quantitative estimate of drug-likeness (QED) is 0.215. The van der Waals surface area contributed by atoms with E-state index >= 15 is 0 Å². The fourth-order valence-corrected chi connectivity index (χ4v) is 2.13. The van der Waals surface area contributed by atoms with Crippen LogP contribution >= 0.6 is 0 Å². The largest absolute Gasteiger partial charge is 1.00 e. The first kappa shape index (κ1) is 35.2. The summed E-state index contributed by atoms with van der Waals surface area (Å²) in [6, 6.07) is 0. The molecule has 4 nitrogen and oxygen atoms in total. The van der Waals surface area contributed by atoms with E-state index in [1.54, 1.807) is 12.2 Å². The second-order valence-corrected chi connectivity index (χ2v) is 6.98. The maximum Gasteiger partial charge on any atom is 1.00 e. The molecule has 0 aliphatic heterocycles. The number of hydrogen-bond donors (Lipinski definition) is 0. The monoisotopic (exact) mass is 452 g/mol. The SMILES string of the molecule is CC(/C=C/C=C(C)/C=C(\C)C(=O)[O-])=C\C=C\C=C(C)\C=C\C=C(C)\C=C(/C)C(=O)[O-].[Na+].[Na+]. The molecule has 0 saturated heterocycles. The molecule has 0 aromatic rings. The number of hydrogen-bond acceptors (Lipinski definition) is 4. The Balaban J connectivity index is -0.00000420. The summed E-state index contributed by atoms with van der Waals surface area (Å²) in [6.07, 6.45) is 22.2. The molecule has 0 rings (SSSR count). The van der Waals surface area contributed by atoms with Crippen molar-refractivity contribution in [3.05, 3.63) is 106 Å². The fourth-order valence-electron chi connectivity index (χ4n) is 2.13. The molecule has 32 heavy (non-hydrogen) atoms. The summed E-state index contributed by atoms with van der Waals surface area (Å²) in [7, 11) is 0. The van der Waals surface area contributed by atoms with Gasteiger partial charge < -0.3 is 19.8 Å². The fraction of sp³-hybridized carbons (Fsp3) is 0.231. The molecule has 0 atom stereocenters. The maximum atomic E-state index is 10.7. The summed E-state index contributed by atoms with van der Waals surface area (Å²) in [5, 5.41) is 21.4. The zero-order valence-corrected chi connectivity index (χ0v) is 24.6. The molecular formula is C26H30Na2O4. The van der Waals surface area contributed by atoms with E-state index in [1.165, 1.54) is 13.8 Å². The van der Waals surface area contributed by atoms with Gasteiger partial charge in [-0.15, -0.1) is 0 Å². The first-order valence-electron chi connectivity index (χ1n) is 9.54. The molecule has 6 heteroatoms. The predicted molar refractivity (Wildman–Crippen MR) is 120 cm³/mol. The molecule has 0 N–H and O–H groups in total. The molecular weight excluding hydrogens is 422 g/mol. The van der Waals surface area contributed by atoms with Gasteiger partial charge in [-0.2, -0.15) is 0 Å². The van der Waals surface area contributed by atoms with Crippen molar-refractivity contribution in [1.82, 2.24) is 0 Å². The summed E-state index contributed by atoms with van der Waals surface area (Å²) >= 11 is 0. The van der Waals surface area contributed by atoms with E-state index in [2.05, 4.69) is 0 Å². The van der Waals surface area contributed by atoms with E-state index in [0.29, 0.717) is 0 Å². The first-order valence-corrected chi connectivity index (χ1v) is 9.54. The molecule has 160 valence electrons. The Hall–Kier alpha value is -1.40.